The molecule has 3 aromatic carbocycles. The summed E-state index contributed by atoms with van der Waals surface area (Å²) in [5.74, 6) is 0.411. The summed E-state index contributed by atoms with van der Waals surface area (Å²) in [6.45, 7) is 7.04. The average molecular weight is 482 g/mol. The van der Waals surface area contributed by atoms with E-state index in [2.05, 4.69) is 63.2 Å². The standard InChI is InChI=1S/C32H35NO3/c1-32(2,3)25-15-12-23(13-16-25)29-27-19-24(22-9-5-6-10-22)14-17-28(27)33(30(29)31(34)35)20-21-8-7-11-26(18-21)36-4/h7-8,11-19,22H,5-6,9-10,20H2,1-4H3,(H,34,35). The predicted octanol–water partition coefficient (Wildman–Crippen LogP) is 8.02. The summed E-state index contributed by atoms with van der Waals surface area (Å²) in [5.41, 5.74) is 6.62. The van der Waals surface area contributed by atoms with Crippen molar-refractivity contribution in [1.82, 2.24) is 4.57 Å². The van der Waals surface area contributed by atoms with Crippen LogP contribution in [0, 0.1) is 0 Å². The number of ether oxygens (including phenoxy) is 1. The van der Waals surface area contributed by atoms with Gasteiger partial charge in [-0.2, -0.15) is 0 Å². The molecular weight excluding hydrogens is 446 g/mol. The summed E-state index contributed by atoms with van der Waals surface area (Å²) in [5, 5.41) is 11.5. The monoisotopic (exact) mass is 481 g/mol. The van der Waals surface area contributed by atoms with Crippen molar-refractivity contribution in [2.75, 3.05) is 7.11 Å². The van der Waals surface area contributed by atoms with Crippen LogP contribution in [0.4, 0.5) is 0 Å². The number of carbonyl (C=O) groups is 1. The molecule has 1 aromatic heterocycles. The highest BCUT2D eigenvalue weighted by Crippen LogP contribution is 2.41. The minimum atomic E-state index is -0.911. The molecule has 0 unspecified atom stereocenters. The molecule has 1 saturated carbocycles. The molecule has 1 aliphatic carbocycles. The fourth-order valence-electron chi connectivity index (χ4n) is 5.65. The van der Waals surface area contributed by atoms with Gasteiger partial charge in [-0.15, -0.1) is 0 Å². The van der Waals surface area contributed by atoms with Crippen LogP contribution in [-0.2, 0) is 12.0 Å². The van der Waals surface area contributed by atoms with Crippen LogP contribution in [0.3, 0.4) is 0 Å². The van der Waals surface area contributed by atoms with Crippen molar-refractivity contribution >= 4 is 16.9 Å². The number of aromatic carboxylic acids is 1. The summed E-state index contributed by atoms with van der Waals surface area (Å²) in [6.07, 6.45) is 4.94. The number of carboxylic acids is 1. The number of nitrogens with zero attached hydrogens (tertiary/aromatic N) is 1. The van der Waals surface area contributed by atoms with Crippen LogP contribution in [0.2, 0.25) is 0 Å². The van der Waals surface area contributed by atoms with Crippen LogP contribution < -0.4 is 4.74 Å². The largest absolute Gasteiger partial charge is 0.497 e. The zero-order valence-corrected chi connectivity index (χ0v) is 21.7. The minimum absolute atomic E-state index is 0.0319. The van der Waals surface area contributed by atoms with Crippen molar-refractivity contribution in [2.45, 2.75) is 64.3 Å². The maximum Gasteiger partial charge on any atom is 0.353 e. The summed E-state index contributed by atoms with van der Waals surface area (Å²) < 4.78 is 7.37. The second-order valence-electron chi connectivity index (χ2n) is 11.1. The van der Waals surface area contributed by atoms with Gasteiger partial charge in [0.05, 0.1) is 7.11 Å². The van der Waals surface area contributed by atoms with E-state index in [1.165, 1.54) is 36.8 Å². The lowest BCUT2D eigenvalue weighted by Crippen LogP contribution is -2.11. The van der Waals surface area contributed by atoms with Gasteiger partial charge in [-0.05, 0) is 70.7 Å². The van der Waals surface area contributed by atoms with Gasteiger partial charge in [-0.3, -0.25) is 0 Å². The fourth-order valence-corrected chi connectivity index (χ4v) is 5.65. The number of hydrogen-bond donors (Lipinski definition) is 1. The Balaban J connectivity index is 1.73. The third-order valence-electron chi connectivity index (χ3n) is 7.63. The van der Waals surface area contributed by atoms with E-state index in [4.69, 9.17) is 4.74 Å². The zero-order chi connectivity index (χ0) is 25.4. The van der Waals surface area contributed by atoms with Crippen molar-refractivity contribution in [3.8, 4) is 16.9 Å². The molecule has 0 bridgehead atoms. The Kier molecular flexibility index (Phi) is 6.38. The highest BCUT2D eigenvalue weighted by molar-refractivity contribution is 6.08. The SMILES string of the molecule is COc1cccc(Cn2c(C(=O)O)c(-c3ccc(C(C)(C)C)cc3)c3cc(C4CCCC4)ccc32)c1. The molecule has 1 aliphatic rings. The Hall–Kier alpha value is -3.53. The molecule has 0 radical (unpaired) electrons. The van der Waals surface area contributed by atoms with Gasteiger partial charge >= 0.3 is 5.97 Å². The second-order valence-corrected chi connectivity index (χ2v) is 11.1. The normalized spacial score (nSPS) is 14.4. The highest BCUT2D eigenvalue weighted by atomic mass is 16.5. The molecule has 1 fully saturated rings. The second kappa shape index (κ2) is 9.50. The van der Waals surface area contributed by atoms with Gasteiger partial charge < -0.3 is 14.4 Å². The van der Waals surface area contributed by atoms with E-state index in [-0.39, 0.29) is 5.41 Å². The Bertz CT molecular complexity index is 1400. The Morgan fingerprint density at radius 2 is 1.72 bits per heavy atom. The molecule has 0 atom stereocenters. The first-order valence-corrected chi connectivity index (χ1v) is 12.9. The van der Waals surface area contributed by atoms with Crippen LogP contribution in [-0.4, -0.2) is 22.8 Å². The van der Waals surface area contributed by atoms with E-state index in [0.717, 1.165) is 33.3 Å². The van der Waals surface area contributed by atoms with Crippen LogP contribution in [0.1, 0.15) is 79.6 Å². The number of aromatic nitrogens is 1. The van der Waals surface area contributed by atoms with E-state index >= 15 is 0 Å². The zero-order valence-electron chi connectivity index (χ0n) is 21.7. The Labute approximate surface area is 213 Å². The van der Waals surface area contributed by atoms with Gasteiger partial charge in [0.1, 0.15) is 11.4 Å². The smallest absolute Gasteiger partial charge is 0.353 e. The van der Waals surface area contributed by atoms with Gasteiger partial charge in [0, 0.05) is 23.0 Å². The van der Waals surface area contributed by atoms with E-state index in [9.17, 15) is 9.90 Å². The quantitative estimate of drug-likeness (QED) is 0.303. The number of benzene rings is 3. The summed E-state index contributed by atoms with van der Waals surface area (Å²) in [7, 11) is 1.65. The van der Waals surface area contributed by atoms with Crippen LogP contribution in [0.15, 0.2) is 66.7 Å². The van der Waals surface area contributed by atoms with Crippen LogP contribution >= 0.6 is 0 Å². The van der Waals surface area contributed by atoms with Crippen molar-refractivity contribution in [2.24, 2.45) is 0 Å². The number of hydrogen-bond acceptors (Lipinski definition) is 2. The van der Waals surface area contributed by atoms with E-state index in [1.54, 1.807) is 7.11 Å². The first-order valence-electron chi connectivity index (χ1n) is 12.9. The maximum atomic E-state index is 12.8. The van der Waals surface area contributed by atoms with Gasteiger partial charge in [0.15, 0.2) is 0 Å². The van der Waals surface area contributed by atoms with Crippen molar-refractivity contribution < 1.29 is 14.6 Å². The topological polar surface area (TPSA) is 51.5 Å². The van der Waals surface area contributed by atoms with Crippen LogP contribution in [0.5, 0.6) is 5.75 Å². The summed E-state index contributed by atoms with van der Waals surface area (Å²) in [6, 6.07) is 22.9. The van der Waals surface area contributed by atoms with E-state index in [1.807, 2.05) is 28.8 Å². The van der Waals surface area contributed by atoms with Crippen molar-refractivity contribution in [3.05, 3.63) is 89.1 Å². The lowest BCUT2D eigenvalue weighted by atomic mass is 9.86. The average Bonchev–Trinajstić information content (AvgIpc) is 3.50. The molecular formula is C32H35NO3. The molecule has 1 heterocycles. The molecule has 0 spiro atoms. The first kappa shape index (κ1) is 24.2. The lowest BCUT2D eigenvalue weighted by Gasteiger charge is -2.19. The van der Waals surface area contributed by atoms with Gasteiger partial charge in [0.2, 0.25) is 0 Å². The highest BCUT2D eigenvalue weighted by Gasteiger charge is 2.26. The van der Waals surface area contributed by atoms with Crippen LogP contribution in [0.25, 0.3) is 22.0 Å². The minimum Gasteiger partial charge on any atom is -0.497 e. The van der Waals surface area contributed by atoms with Gasteiger partial charge in [0.25, 0.3) is 0 Å². The molecule has 186 valence electrons. The lowest BCUT2D eigenvalue weighted by molar-refractivity contribution is 0.0687. The molecule has 36 heavy (non-hydrogen) atoms. The van der Waals surface area contributed by atoms with E-state index < -0.39 is 5.97 Å². The molecule has 5 rings (SSSR count). The molecule has 4 nitrogen and oxygen atoms in total. The molecule has 1 N–H and O–H groups in total. The molecule has 4 heteroatoms. The fraction of sp³-hybridized carbons (Fsp3) is 0.344. The number of rotatable bonds is 6. The molecule has 0 amide bonds. The third-order valence-corrected chi connectivity index (χ3v) is 7.63. The Morgan fingerprint density at radius 3 is 2.36 bits per heavy atom. The maximum absolute atomic E-state index is 12.8. The number of carboxylic acid groups (broad SMARTS) is 1. The summed E-state index contributed by atoms with van der Waals surface area (Å²) in [4.78, 5) is 12.8. The summed E-state index contributed by atoms with van der Waals surface area (Å²) >= 11 is 0. The van der Waals surface area contributed by atoms with Gasteiger partial charge in [-0.25, -0.2) is 4.79 Å². The van der Waals surface area contributed by atoms with E-state index in [0.29, 0.717) is 18.2 Å². The van der Waals surface area contributed by atoms with Crippen molar-refractivity contribution in [1.29, 1.82) is 0 Å². The Morgan fingerprint density at radius 1 is 1.00 bits per heavy atom. The van der Waals surface area contributed by atoms with Gasteiger partial charge in [-0.1, -0.05) is 76.1 Å². The predicted molar refractivity (Wildman–Crippen MR) is 146 cm³/mol. The van der Waals surface area contributed by atoms with Crippen molar-refractivity contribution in [3.63, 3.8) is 0 Å². The number of methoxy groups -OCH3 is 1. The third kappa shape index (κ3) is 4.53. The number of fused-ring (bicyclic) bond motifs is 1. The molecule has 0 saturated heterocycles. The first-order chi connectivity index (χ1) is 17.3. The molecule has 4 aromatic rings. The molecule has 0 aliphatic heterocycles.